The van der Waals surface area contributed by atoms with E-state index in [1.807, 2.05) is 32.0 Å². The van der Waals surface area contributed by atoms with Crippen LogP contribution in [-0.2, 0) is 11.2 Å². The number of aromatic nitrogens is 1. The van der Waals surface area contributed by atoms with Gasteiger partial charge in [-0.3, -0.25) is 14.6 Å². The van der Waals surface area contributed by atoms with Crippen LogP contribution in [0.2, 0.25) is 0 Å². The Kier molecular flexibility index (Phi) is 4.88. The highest BCUT2D eigenvalue weighted by molar-refractivity contribution is 5.95. The molecule has 22 heavy (non-hydrogen) atoms. The predicted molar refractivity (Wildman–Crippen MR) is 84.3 cm³/mol. The molecule has 0 saturated carbocycles. The molecule has 0 spiro atoms. The van der Waals surface area contributed by atoms with Crippen LogP contribution in [0.1, 0.15) is 27.2 Å². The maximum Gasteiger partial charge on any atom is 0.270 e. The summed E-state index contributed by atoms with van der Waals surface area (Å²) in [5, 5.41) is 2.66. The highest BCUT2D eigenvalue weighted by Crippen LogP contribution is 2.15. The fourth-order valence-electron chi connectivity index (χ4n) is 2.33. The van der Waals surface area contributed by atoms with Crippen molar-refractivity contribution in [2.75, 3.05) is 0 Å². The molecule has 114 valence electrons. The van der Waals surface area contributed by atoms with Gasteiger partial charge in [0.1, 0.15) is 11.7 Å². The van der Waals surface area contributed by atoms with Gasteiger partial charge in [0.2, 0.25) is 5.91 Å². The molecule has 2 aromatic rings. The second kappa shape index (κ2) is 6.85. The zero-order valence-electron chi connectivity index (χ0n) is 12.7. The molecule has 3 N–H and O–H groups in total. The fraction of sp³-hybridized carbons (Fsp3) is 0.235. The first-order valence-electron chi connectivity index (χ1n) is 7.05. The molecule has 0 bridgehead atoms. The molecule has 0 saturated heterocycles. The van der Waals surface area contributed by atoms with Crippen LogP contribution >= 0.6 is 0 Å². The number of carbonyl (C=O) groups is 2. The van der Waals surface area contributed by atoms with Crippen LogP contribution in [0, 0.1) is 13.8 Å². The van der Waals surface area contributed by atoms with Gasteiger partial charge in [0.05, 0.1) is 0 Å². The minimum absolute atomic E-state index is 0.259. The number of rotatable bonds is 5. The molecule has 1 aromatic carbocycles. The minimum Gasteiger partial charge on any atom is -0.368 e. The largest absolute Gasteiger partial charge is 0.368 e. The van der Waals surface area contributed by atoms with Gasteiger partial charge in [-0.25, -0.2) is 0 Å². The summed E-state index contributed by atoms with van der Waals surface area (Å²) in [4.78, 5) is 27.8. The summed E-state index contributed by atoms with van der Waals surface area (Å²) >= 11 is 0. The lowest BCUT2D eigenvalue weighted by atomic mass is 9.96. The normalized spacial score (nSPS) is 11.7. The fourth-order valence-corrected chi connectivity index (χ4v) is 2.33. The van der Waals surface area contributed by atoms with Gasteiger partial charge in [-0.1, -0.05) is 24.3 Å². The van der Waals surface area contributed by atoms with Crippen LogP contribution in [0.3, 0.4) is 0 Å². The Morgan fingerprint density at radius 1 is 1.14 bits per heavy atom. The Labute approximate surface area is 129 Å². The molecule has 1 heterocycles. The third-order valence-corrected chi connectivity index (χ3v) is 3.60. The van der Waals surface area contributed by atoms with E-state index in [2.05, 4.69) is 10.3 Å². The smallest absolute Gasteiger partial charge is 0.270 e. The molecule has 1 aromatic heterocycles. The Morgan fingerprint density at radius 3 is 2.36 bits per heavy atom. The summed E-state index contributed by atoms with van der Waals surface area (Å²) in [7, 11) is 0. The van der Waals surface area contributed by atoms with Crippen molar-refractivity contribution in [1.29, 1.82) is 0 Å². The van der Waals surface area contributed by atoms with Crippen LogP contribution in [0.25, 0.3) is 0 Å². The molecular formula is C17H19N3O2. The molecule has 5 heteroatoms. The van der Waals surface area contributed by atoms with Gasteiger partial charge in [0, 0.05) is 12.6 Å². The molecule has 2 amide bonds. The maximum atomic E-state index is 12.1. The molecule has 2 rings (SSSR count). The number of hydrogen-bond donors (Lipinski definition) is 2. The Morgan fingerprint density at radius 2 is 1.82 bits per heavy atom. The number of pyridine rings is 1. The first kappa shape index (κ1) is 15.7. The Balaban J connectivity index is 2.18. The van der Waals surface area contributed by atoms with Crippen molar-refractivity contribution in [2.24, 2.45) is 5.73 Å². The number of aryl methyl sites for hydroxylation is 2. The minimum atomic E-state index is -0.769. The summed E-state index contributed by atoms with van der Waals surface area (Å²) in [5.74, 6) is -0.970. The second-order valence-electron chi connectivity index (χ2n) is 5.22. The summed E-state index contributed by atoms with van der Waals surface area (Å²) in [5.41, 5.74) is 8.85. The quantitative estimate of drug-likeness (QED) is 0.877. The van der Waals surface area contributed by atoms with Crippen molar-refractivity contribution in [3.8, 4) is 0 Å². The van der Waals surface area contributed by atoms with Crippen molar-refractivity contribution in [1.82, 2.24) is 10.3 Å². The van der Waals surface area contributed by atoms with Gasteiger partial charge in [0.15, 0.2) is 0 Å². The van der Waals surface area contributed by atoms with E-state index in [1.54, 1.807) is 18.2 Å². The van der Waals surface area contributed by atoms with Crippen LogP contribution in [0.5, 0.6) is 0 Å². The number of nitrogens with two attached hydrogens (primary N) is 1. The van der Waals surface area contributed by atoms with E-state index in [1.165, 1.54) is 6.20 Å². The first-order chi connectivity index (χ1) is 10.5. The topological polar surface area (TPSA) is 85.1 Å². The molecule has 0 radical (unpaired) electrons. The average Bonchev–Trinajstić information content (AvgIpc) is 2.50. The summed E-state index contributed by atoms with van der Waals surface area (Å²) in [6, 6.07) is 10.2. The highest BCUT2D eigenvalue weighted by atomic mass is 16.2. The second-order valence-corrected chi connectivity index (χ2v) is 5.22. The summed E-state index contributed by atoms with van der Waals surface area (Å²) in [6.45, 7) is 3.95. The summed E-state index contributed by atoms with van der Waals surface area (Å²) < 4.78 is 0. The standard InChI is InChI=1S/C17H19N3O2/c1-11-6-5-7-12(2)13(11)10-15(16(18)21)20-17(22)14-8-3-4-9-19-14/h3-9,15H,10H2,1-2H3,(H2,18,21)(H,20,22)/t15-/m0/s1. The van der Waals surface area contributed by atoms with Gasteiger partial charge in [-0.05, 0) is 42.7 Å². The molecule has 0 aliphatic heterocycles. The lowest BCUT2D eigenvalue weighted by Gasteiger charge is -2.18. The highest BCUT2D eigenvalue weighted by Gasteiger charge is 2.21. The van der Waals surface area contributed by atoms with E-state index in [0.717, 1.165) is 16.7 Å². The van der Waals surface area contributed by atoms with E-state index in [9.17, 15) is 9.59 Å². The predicted octanol–water partition coefficient (Wildman–Crippen LogP) is 1.52. The van der Waals surface area contributed by atoms with E-state index in [-0.39, 0.29) is 5.69 Å². The number of carbonyl (C=O) groups excluding carboxylic acids is 2. The summed E-state index contributed by atoms with van der Waals surface area (Å²) in [6.07, 6.45) is 1.89. The maximum absolute atomic E-state index is 12.1. The first-order valence-corrected chi connectivity index (χ1v) is 7.05. The molecule has 0 aliphatic carbocycles. The van der Waals surface area contributed by atoms with E-state index in [0.29, 0.717) is 6.42 Å². The Hall–Kier alpha value is -2.69. The van der Waals surface area contributed by atoms with Crippen LogP contribution in [0.15, 0.2) is 42.6 Å². The molecule has 1 atom stereocenters. The molecule has 0 aliphatic rings. The van der Waals surface area contributed by atoms with Gasteiger partial charge in [-0.2, -0.15) is 0 Å². The number of amides is 2. The van der Waals surface area contributed by atoms with Crippen molar-refractivity contribution in [2.45, 2.75) is 26.3 Å². The average molecular weight is 297 g/mol. The van der Waals surface area contributed by atoms with E-state index >= 15 is 0 Å². The van der Waals surface area contributed by atoms with Gasteiger partial charge >= 0.3 is 0 Å². The monoisotopic (exact) mass is 297 g/mol. The van der Waals surface area contributed by atoms with Crippen LogP contribution in [-0.4, -0.2) is 22.8 Å². The zero-order valence-corrected chi connectivity index (χ0v) is 12.7. The third kappa shape index (κ3) is 3.69. The zero-order chi connectivity index (χ0) is 16.1. The lowest BCUT2D eigenvalue weighted by molar-refractivity contribution is -0.119. The molecule has 0 unspecified atom stereocenters. The number of nitrogens with one attached hydrogen (secondary N) is 1. The number of nitrogens with zero attached hydrogens (tertiary/aromatic N) is 1. The van der Waals surface area contributed by atoms with Crippen molar-refractivity contribution >= 4 is 11.8 Å². The number of primary amides is 1. The molecule has 0 fully saturated rings. The van der Waals surface area contributed by atoms with Crippen molar-refractivity contribution in [3.63, 3.8) is 0 Å². The van der Waals surface area contributed by atoms with Crippen LogP contribution in [0.4, 0.5) is 0 Å². The van der Waals surface area contributed by atoms with E-state index < -0.39 is 17.9 Å². The third-order valence-electron chi connectivity index (χ3n) is 3.60. The molecule has 5 nitrogen and oxygen atoms in total. The van der Waals surface area contributed by atoms with Gasteiger partial charge in [-0.15, -0.1) is 0 Å². The lowest BCUT2D eigenvalue weighted by Crippen LogP contribution is -2.46. The van der Waals surface area contributed by atoms with E-state index in [4.69, 9.17) is 5.73 Å². The van der Waals surface area contributed by atoms with Crippen LogP contribution < -0.4 is 11.1 Å². The van der Waals surface area contributed by atoms with Gasteiger partial charge < -0.3 is 11.1 Å². The number of hydrogen-bond acceptors (Lipinski definition) is 3. The molecular weight excluding hydrogens is 278 g/mol. The van der Waals surface area contributed by atoms with Gasteiger partial charge in [0.25, 0.3) is 5.91 Å². The van der Waals surface area contributed by atoms with Crippen molar-refractivity contribution < 1.29 is 9.59 Å². The SMILES string of the molecule is Cc1cccc(C)c1C[C@H](NC(=O)c1ccccn1)C(N)=O. The Bertz CT molecular complexity index is 663. The van der Waals surface area contributed by atoms with Crippen molar-refractivity contribution in [3.05, 3.63) is 65.0 Å². The number of benzene rings is 1.